The number of ether oxygens (including phenoxy) is 1. The van der Waals surface area contributed by atoms with Gasteiger partial charge in [0.2, 0.25) is 0 Å². The van der Waals surface area contributed by atoms with Crippen molar-refractivity contribution < 1.29 is 14.6 Å². The lowest BCUT2D eigenvalue weighted by molar-refractivity contribution is -0.139. The molecule has 0 saturated carbocycles. The van der Waals surface area contributed by atoms with Gasteiger partial charge in [-0.05, 0) is 18.2 Å². The van der Waals surface area contributed by atoms with Crippen molar-refractivity contribution in [3.8, 4) is 5.75 Å². The number of rotatable bonds is 2. The van der Waals surface area contributed by atoms with Crippen molar-refractivity contribution in [2.75, 3.05) is 7.11 Å². The van der Waals surface area contributed by atoms with E-state index in [1.165, 1.54) is 18.4 Å². The molecule has 0 unspecified atom stereocenters. The van der Waals surface area contributed by atoms with Crippen molar-refractivity contribution in [3.63, 3.8) is 0 Å². The number of carbonyl (C=O) groups excluding carboxylic acids is 1. The third-order valence-electron chi connectivity index (χ3n) is 2.14. The molecule has 0 atom stereocenters. The van der Waals surface area contributed by atoms with Gasteiger partial charge in [-0.1, -0.05) is 6.07 Å². The molecule has 4 heteroatoms. The standard InChI is InChI=1S/C11H10O3S/c1-14-11(13)6-7-5-8-9(12)3-2-4-10(8)15-7/h2-5,12H,6H2,1H3. The van der Waals surface area contributed by atoms with Gasteiger partial charge in [-0.25, -0.2) is 0 Å². The van der Waals surface area contributed by atoms with Crippen molar-refractivity contribution in [1.29, 1.82) is 0 Å². The highest BCUT2D eigenvalue weighted by Crippen LogP contribution is 2.32. The molecule has 1 aromatic carbocycles. The van der Waals surface area contributed by atoms with E-state index in [4.69, 9.17) is 0 Å². The Labute approximate surface area is 90.9 Å². The van der Waals surface area contributed by atoms with Gasteiger partial charge in [0.25, 0.3) is 0 Å². The van der Waals surface area contributed by atoms with Gasteiger partial charge in [0.1, 0.15) is 5.75 Å². The minimum atomic E-state index is -0.263. The fourth-order valence-corrected chi connectivity index (χ4v) is 2.47. The van der Waals surface area contributed by atoms with Gasteiger partial charge in [-0.2, -0.15) is 0 Å². The Morgan fingerprint density at radius 3 is 3.00 bits per heavy atom. The van der Waals surface area contributed by atoms with Crippen LogP contribution in [-0.2, 0) is 16.0 Å². The van der Waals surface area contributed by atoms with Crippen LogP contribution in [0.1, 0.15) is 4.88 Å². The molecule has 1 heterocycles. The van der Waals surface area contributed by atoms with E-state index in [0.717, 1.165) is 15.0 Å². The Balaban J connectivity index is 2.39. The minimum absolute atomic E-state index is 0.250. The van der Waals surface area contributed by atoms with Crippen LogP contribution in [0.25, 0.3) is 10.1 Å². The summed E-state index contributed by atoms with van der Waals surface area (Å²) in [6.45, 7) is 0. The summed E-state index contributed by atoms with van der Waals surface area (Å²) in [5.74, 6) is -0.0130. The van der Waals surface area contributed by atoms with Gasteiger partial charge < -0.3 is 9.84 Å². The third kappa shape index (κ3) is 1.94. The molecule has 0 amide bonds. The lowest BCUT2D eigenvalue weighted by Gasteiger charge is -1.93. The number of methoxy groups -OCH3 is 1. The van der Waals surface area contributed by atoms with Crippen LogP contribution in [0.4, 0.5) is 0 Å². The summed E-state index contributed by atoms with van der Waals surface area (Å²) >= 11 is 1.49. The highest BCUT2D eigenvalue weighted by atomic mass is 32.1. The van der Waals surface area contributed by atoms with Crippen molar-refractivity contribution in [1.82, 2.24) is 0 Å². The van der Waals surface area contributed by atoms with Crippen molar-refractivity contribution >= 4 is 27.4 Å². The Morgan fingerprint density at radius 1 is 1.53 bits per heavy atom. The summed E-state index contributed by atoms with van der Waals surface area (Å²) < 4.78 is 5.57. The summed E-state index contributed by atoms with van der Waals surface area (Å²) in [6.07, 6.45) is 0.259. The molecule has 0 spiro atoms. The largest absolute Gasteiger partial charge is 0.507 e. The van der Waals surface area contributed by atoms with Crippen molar-refractivity contribution in [2.24, 2.45) is 0 Å². The summed E-state index contributed by atoms with van der Waals surface area (Å²) in [5, 5.41) is 10.4. The first-order valence-corrected chi connectivity index (χ1v) is 5.29. The number of carbonyl (C=O) groups is 1. The van der Waals surface area contributed by atoms with Crippen LogP contribution in [0, 0.1) is 0 Å². The van der Waals surface area contributed by atoms with Gasteiger partial charge in [-0.3, -0.25) is 4.79 Å². The second kappa shape index (κ2) is 3.90. The predicted molar refractivity (Wildman–Crippen MR) is 59.2 cm³/mol. The molecule has 0 radical (unpaired) electrons. The number of thiophene rings is 1. The number of phenols is 1. The Morgan fingerprint density at radius 2 is 2.33 bits per heavy atom. The van der Waals surface area contributed by atoms with Crippen molar-refractivity contribution in [2.45, 2.75) is 6.42 Å². The normalized spacial score (nSPS) is 10.5. The van der Waals surface area contributed by atoms with Crippen molar-refractivity contribution in [3.05, 3.63) is 29.1 Å². The lowest BCUT2D eigenvalue weighted by atomic mass is 10.2. The molecule has 0 saturated heterocycles. The van der Waals surface area contributed by atoms with Crippen LogP contribution in [-0.4, -0.2) is 18.2 Å². The molecule has 78 valence electrons. The van der Waals surface area contributed by atoms with Crippen LogP contribution in [0.5, 0.6) is 5.75 Å². The molecular formula is C11H10O3S. The highest BCUT2D eigenvalue weighted by Gasteiger charge is 2.08. The summed E-state index contributed by atoms with van der Waals surface area (Å²) in [4.78, 5) is 12.0. The molecule has 0 fully saturated rings. The highest BCUT2D eigenvalue weighted by molar-refractivity contribution is 7.19. The smallest absolute Gasteiger partial charge is 0.310 e. The Kier molecular flexibility index (Phi) is 2.60. The number of fused-ring (bicyclic) bond motifs is 1. The molecule has 1 aromatic heterocycles. The van der Waals surface area contributed by atoms with E-state index in [9.17, 15) is 9.90 Å². The van der Waals surface area contributed by atoms with Gasteiger partial charge in [-0.15, -0.1) is 11.3 Å². The quantitative estimate of drug-likeness (QED) is 0.793. The number of phenolic OH excluding ortho intramolecular Hbond substituents is 1. The molecule has 0 aliphatic heterocycles. The van der Waals surface area contributed by atoms with Gasteiger partial charge in [0.15, 0.2) is 0 Å². The number of aromatic hydroxyl groups is 1. The van der Waals surface area contributed by atoms with Crippen LogP contribution in [0.2, 0.25) is 0 Å². The molecule has 0 aliphatic carbocycles. The Bertz CT molecular complexity index is 502. The van der Waals surface area contributed by atoms with Gasteiger partial charge in [0, 0.05) is 15.0 Å². The molecular weight excluding hydrogens is 212 g/mol. The topological polar surface area (TPSA) is 46.5 Å². The van der Waals surface area contributed by atoms with Crippen LogP contribution < -0.4 is 0 Å². The molecule has 3 nitrogen and oxygen atoms in total. The van der Waals surface area contributed by atoms with Crippen LogP contribution >= 0.6 is 11.3 Å². The number of hydrogen-bond donors (Lipinski definition) is 1. The third-order valence-corrected chi connectivity index (χ3v) is 3.24. The van der Waals surface area contributed by atoms with E-state index >= 15 is 0 Å². The monoisotopic (exact) mass is 222 g/mol. The second-order valence-electron chi connectivity index (χ2n) is 3.15. The van der Waals surface area contributed by atoms with E-state index in [-0.39, 0.29) is 18.1 Å². The second-order valence-corrected chi connectivity index (χ2v) is 4.32. The number of benzene rings is 1. The van der Waals surface area contributed by atoms with Gasteiger partial charge in [0.05, 0.1) is 13.5 Å². The average molecular weight is 222 g/mol. The lowest BCUT2D eigenvalue weighted by Crippen LogP contribution is -2.02. The molecule has 15 heavy (non-hydrogen) atoms. The molecule has 2 aromatic rings. The van der Waals surface area contributed by atoms with E-state index in [1.54, 1.807) is 12.1 Å². The molecule has 2 rings (SSSR count). The fourth-order valence-electron chi connectivity index (χ4n) is 1.40. The number of esters is 1. The molecule has 0 aliphatic rings. The summed E-state index contributed by atoms with van der Waals surface area (Å²) in [6, 6.07) is 7.17. The maximum absolute atomic E-state index is 11.1. The van der Waals surface area contributed by atoms with E-state index in [2.05, 4.69) is 4.74 Å². The average Bonchev–Trinajstić information content (AvgIpc) is 2.62. The maximum Gasteiger partial charge on any atom is 0.310 e. The molecule has 0 bridgehead atoms. The minimum Gasteiger partial charge on any atom is -0.507 e. The first kappa shape index (κ1) is 9.98. The zero-order valence-corrected chi connectivity index (χ0v) is 9.00. The first-order valence-electron chi connectivity index (χ1n) is 4.48. The Hall–Kier alpha value is -1.55. The maximum atomic E-state index is 11.1. The summed E-state index contributed by atoms with van der Waals surface area (Å²) in [7, 11) is 1.37. The number of hydrogen-bond acceptors (Lipinski definition) is 4. The zero-order valence-electron chi connectivity index (χ0n) is 8.19. The van der Waals surface area contributed by atoms with E-state index in [0.29, 0.717) is 0 Å². The SMILES string of the molecule is COC(=O)Cc1cc2c(O)cccc2s1. The molecule has 1 N–H and O–H groups in total. The summed E-state index contributed by atoms with van der Waals surface area (Å²) in [5.41, 5.74) is 0. The van der Waals surface area contributed by atoms with Crippen LogP contribution in [0.15, 0.2) is 24.3 Å². The zero-order chi connectivity index (χ0) is 10.8. The van der Waals surface area contributed by atoms with E-state index < -0.39 is 0 Å². The predicted octanol–water partition coefficient (Wildman–Crippen LogP) is 2.32. The van der Waals surface area contributed by atoms with E-state index in [1.807, 2.05) is 12.1 Å². The van der Waals surface area contributed by atoms with Gasteiger partial charge >= 0.3 is 5.97 Å². The fraction of sp³-hybridized carbons (Fsp3) is 0.182. The first-order chi connectivity index (χ1) is 7.20. The van der Waals surface area contributed by atoms with Crippen LogP contribution in [0.3, 0.4) is 0 Å².